The van der Waals surface area contributed by atoms with Crippen molar-refractivity contribution < 1.29 is 4.74 Å². The van der Waals surface area contributed by atoms with Crippen LogP contribution in [0, 0.1) is 5.92 Å². The normalized spacial score (nSPS) is 32.5. The summed E-state index contributed by atoms with van der Waals surface area (Å²) < 4.78 is 5.40. The van der Waals surface area contributed by atoms with Crippen LogP contribution in [0.15, 0.2) is 0 Å². The van der Waals surface area contributed by atoms with E-state index in [9.17, 15) is 0 Å². The second-order valence-corrected chi connectivity index (χ2v) is 5.79. The molecule has 4 nitrogen and oxygen atoms in total. The molecule has 2 rings (SSSR count). The molecule has 100 valence electrons. The zero-order chi connectivity index (χ0) is 12.3. The topological polar surface area (TPSA) is 41.7 Å². The lowest BCUT2D eigenvalue weighted by atomic mass is 9.99. The standard InChI is InChI=1S/C13H27N3O/c1-15(8-12-4-3-6-16(12)2)9-13(14)11-5-7-17-10-11/h11-13H,3-10,14H2,1-2H3. The van der Waals surface area contributed by atoms with E-state index in [1.54, 1.807) is 0 Å². The number of hydrogen-bond donors (Lipinski definition) is 1. The molecule has 3 atom stereocenters. The van der Waals surface area contributed by atoms with Crippen LogP contribution in [0.2, 0.25) is 0 Å². The fourth-order valence-corrected chi connectivity index (χ4v) is 3.04. The van der Waals surface area contributed by atoms with Gasteiger partial charge in [-0.1, -0.05) is 0 Å². The third-order valence-corrected chi connectivity index (χ3v) is 4.29. The molecule has 0 aliphatic carbocycles. The van der Waals surface area contributed by atoms with Crippen LogP contribution < -0.4 is 5.73 Å². The Morgan fingerprint density at radius 2 is 2.29 bits per heavy atom. The van der Waals surface area contributed by atoms with Crippen LogP contribution in [-0.4, -0.2) is 68.8 Å². The van der Waals surface area contributed by atoms with Gasteiger partial charge in [-0.3, -0.25) is 0 Å². The number of nitrogens with zero attached hydrogens (tertiary/aromatic N) is 2. The van der Waals surface area contributed by atoms with Crippen molar-refractivity contribution in [2.24, 2.45) is 11.7 Å². The molecule has 2 saturated heterocycles. The van der Waals surface area contributed by atoms with Crippen LogP contribution in [0.1, 0.15) is 19.3 Å². The van der Waals surface area contributed by atoms with Crippen LogP contribution in [-0.2, 0) is 4.74 Å². The molecule has 0 aromatic carbocycles. The van der Waals surface area contributed by atoms with Crippen LogP contribution in [0.25, 0.3) is 0 Å². The Kier molecular flexibility index (Phi) is 4.79. The molecule has 2 heterocycles. The highest BCUT2D eigenvalue weighted by Crippen LogP contribution is 2.18. The van der Waals surface area contributed by atoms with Gasteiger partial charge in [-0.15, -0.1) is 0 Å². The molecule has 0 radical (unpaired) electrons. The molecule has 2 aliphatic heterocycles. The summed E-state index contributed by atoms with van der Waals surface area (Å²) in [5.41, 5.74) is 6.25. The largest absolute Gasteiger partial charge is 0.381 e. The highest BCUT2D eigenvalue weighted by Gasteiger charge is 2.26. The van der Waals surface area contributed by atoms with Crippen molar-refractivity contribution in [3.63, 3.8) is 0 Å². The Bertz CT molecular complexity index is 231. The van der Waals surface area contributed by atoms with Gasteiger partial charge in [0.25, 0.3) is 0 Å². The zero-order valence-corrected chi connectivity index (χ0v) is 11.3. The third kappa shape index (κ3) is 3.65. The Balaban J connectivity index is 1.70. The average molecular weight is 241 g/mol. The number of likely N-dealkylation sites (tertiary alicyclic amines) is 1. The van der Waals surface area contributed by atoms with Gasteiger partial charge in [0.1, 0.15) is 0 Å². The van der Waals surface area contributed by atoms with Crippen LogP contribution in [0.4, 0.5) is 0 Å². The van der Waals surface area contributed by atoms with Crippen molar-refractivity contribution >= 4 is 0 Å². The van der Waals surface area contributed by atoms with Crippen molar-refractivity contribution in [3.8, 4) is 0 Å². The summed E-state index contributed by atoms with van der Waals surface area (Å²) in [7, 11) is 4.43. The second kappa shape index (κ2) is 6.14. The molecule has 0 aromatic rings. The first kappa shape index (κ1) is 13.3. The molecule has 2 fully saturated rings. The maximum absolute atomic E-state index is 6.25. The van der Waals surface area contributed by atoms with E-state index in [4.69, 9.17) is 10.5 Å². The lowest BCUT2D eigenvalue weighted by molar-refractivity contribution is 0.167. The van der Waals surface area contributed by atoms with Gasteiger partial charge in [0.05, 0.1) is 6.61 Å². The lowest BCUT2D eigenvalue weighted by Crippen LogP contribution is -2.45. The van der Waals surface area contributed by atoms with Crippen molar-refractivity contribution in [3.05, 3.63) is 0 Å². The minimum absolute atomic E-state index is 0.272. The van der Waals surface area contributed by atoms with E-state index in [0.717, 1.165) is 38.8 Å². The van der Waals surface area contributed by atoms with Gasteiger partial charge in [0.15, 0.2) is 0 Å². The van der Waals surface area contributed by atoms with Crippen molar-refractivity contribution in [2.75, 3.05) is 46.9 Å². The molecule has 0 saturated carbocycles. The lowest BCUT2D eigenvalue weighted by Gasteiger charge is -2.29. The van der Waals surface area contributed by atoms with Crippen molar-refractivity contribution in [2.45, 2.75) is 31.3 Å². The fraction of sp³-hybridized carbons (Fsp3) is 1.00. The Morgan fingerprint density at radius 3 is 2.88 bits per heavy atom. The van der Waals surface area contributed by atoms with Crippen LogP contribution >= 0.6 is 0 Å². The molecule has 2 aliphatic rings. The van der Waals surface area contributed by atoms with E-state index < -0.39 is 0 Å². The van der Waals surface area contributed by atoms with Gasteiger partial charge in [-0.2, -0.15) is 0 Å². The first-order valence-corrected chi connectivity index (χ1v) is 6.89. The van der Waals surface area contributed by atoms with Gasteiger partial charge >= 0.3 is 0 Å². The minimum Gasteiger partial charge on any atom is -0.381 e. The summed E-state index contributed by atoms with van der Waals surface area (Å²) in [6, 6.07) is 1.00. The third-order valence-electron chi connectivity index (χ3n) is 4.29. The summed E-state index contributed by atoms with van der Waals surface area (Å²) >= 11 is 0. The molecule has 3 unspecified atom stereocenters. The quantitative estimate of drug-likeness (QED) is 0.755. The highest BCUT2D eigenvalue weighted by atomic mass is 16.5. The highest BCUT2D eigenvalue weighted by molar-refractivity contribution is 4.82. The first-order valence-electron chi connectivity index (χ1n) is 6.89. The zero-order valence-electron chi connectivity index (χ0n) is 11.3. The smallest absolute Gasteiger partial charge is 0.0510 e. The van der Waals surface area contributed by atoms with Crippen molar-refractivity contribution in [1.82, 2.24) is 9.80 Å². The monoisotopic (exact) mass is 241 g/mol. The van der Waals surface area contributed by atoms with Gasteiger partial charge in [0.2, 0.25) is 0 Å². The van der Waals surface area contributed by atoms with E-state index in [-0.39, 0.29) is 6.04 Å². The summed E-state index contributed by atoms with van der Waals surface area (Å²) in [5.74, 6) is 0.568. The second-order valence-electron chi connectivity index (χ2n) is 5.79. The molecule has 0 bridgehead atoms. The van der Waals surface area contributed by atoms with E-state index in [2.05, 4.69) is 23.9 Å². The Morgan fingerprint density at radius 1 is 1.47 bits per heavy atom. The number of ether oxygens (including phenoxy) is 1. The molecule has 2 N–H and O–H groups in total. The summed E-state index contributed by atoms with van der Waals surface area (Å²) in [5, 5.41) is 0. The summed E-state index contributed by atoms with van der Waals surface area (Å²) in [6.45, 7) is 5.16. The van der Waals surface area contributed by atoms with Crippen molar-refractivity contribution in [1.29, 1.82) is 0 Å². The van der Waals surface area contributed by atoms with Gasteiger partial charge in [-0.25, -0.2) is 0 Å². The Labute approximate surface area is 105 Å². The molecule has 0 spiro atoms. The number of nitrogens with two attached hydrogens (primary N) is 1. The predicted octanol–water partition coefficient (Wildman–Crippen LogP) is 0.376. The molecule has 4 heteroatoms. The van der Waals surface area contributed by atoms with E-state index in [1.807, 2.05) is 0 Å². The van der Waals surface area contributed by atoms with Crippen LogP contribution in [0.3, 0.4) is 0 Å². The first-order chi connectivity index (χ1) is 8.16. The fourth-order valence-electron chi connectivity index (χ4n) is 3.04. The number of hydrogen-bond acceptors (Lipinski definition) is 4. The summed E-state index contributed by atoms with van der Waals surface area (Å²) in [4.78, 5) is 4.87. The van der Waals surface area contributed by atoms with Gasteiger partial charge in [0, 0.05) is 37.7 Å². The Hall–Kier alpha value is -0.160. The summed E-state index contributed by atoms with van der Waals surface area (Å²) in [6.07, 6.45) is 3.82. The maximum Gasteiger partial charge on any atom is 0.0510 e. The molecule has 0 amide bonds. The molecule has 0 aromatic heterocycles. The maximum atomic E-state index is 6.25. The minimum atomic E-state index is 0.272. The SMILES string of the molecule is CN(CC(N)C1CCOC1)CC1CCCN1C. The average Bonchev–Trinajstić information content (AvgIpc) is 2.90. The van der Waals surface area contributed by atoms with Gasteiger partial charge in [-0.05, 0) is 39.9 Å². The number of rotatable bonds is 5. The van der Waals surface area contributed by atoms with Gasteiger partial charge < -0.3 is 20.3 Å². The molecular formula is C13H27N3O. The molecule has 17 heavy (non-hydrogen) atoms. The number of likely N-dealkylation sites (N-methyl/N-ethyl adjacent to an activating group) is 2. The van der Waals surface area contributed by atoms with E-state index in [0.29, 0.717) is 5.92 Å². The molecular weight excluding hydrogens is 214 g/mol. The predicted molar refractivity (Wildman–Crippen MR) is 70.1 cm³/mol. The van der Waals surface area contributed by atoms with Crippen LogP contribution in [0.5, 0.6) is 0 Å². The van der Waals surface area contributed by atoms with E-state index >= 15 is 0 Å². The van der Waals surface area contributed by atoms with E-state index in [1.165, 1.54) is 19.4 Å².